The van der Waals surface area contributed by atoms with E-state index < -0.39 is 0 Å². The first-order valence-corrected chi connectivity index (χ1v) is 4.30. The van der Waals surface area contributed by atoms with E-state index in [1.807, 2.05) is 0 Å². The molecule has 2 heterocycles. The van der Waals surface area contributed by atoms with Crippen LogP contribution in [0.5, 0.6) is 0 Å². The second kappa shape index (κ2) is 4.32. The first-order valence-electron chi connectivity index (χ1n) is 4.30. The van der Waals surface area contributed by atoms with Crippen LogP contribution in [0.4, 0.5) is 0 Å². The molecule has 2 rings (SSSR count). The maximum atomic E-state index is 11.5. The van der Waals surface area contributed by atoms with Gasteiger partial charge in [0, 0.05) is 12.4 Å². The second-order valence-electron chi connectivity index (χ2n) is 2.77. The lowest BCUT2D eigenvalue weighted by Crippen LogP contribution is -2.23. The standard InChI is InChI=1S/C9H8N4O2/c14-9(7-2-1-3-10-4-7)11-5-8-12-6-15-13-8/h1-4,6H,5H2,(H,11,14). The largest absolute Gasteiger partial charge is 0.345 e. The van der Waals surface area contributed by atoms with Gasteiger partial charge in [-0.2, -0.15) is 4.98 Å². The van der Waals surface area contributed by atoms with E-state index in [0.29, 0.717) is 11.4 Å². The zero-order valence-corrected chi connectivity index (χ0v) is 7.75. The Morgan fingerprint density at radius 2 is 2.47 bits per heavy atom. The van der Waals surface area contributed by atoms with Crippen molar-refractivity contribution in [1.29, 1.82) is 0 Å². The number of pyridine rings is 1. The van der Waals surface area contributed by atoms with Crippen LogP contribution >= 0.6 is 0 Å². The van der Waals surface area contributed by atoms with Crippen LogP contribution in [0, 0.1) is 0 Å². The molecule has 2 aromatic rings. The van der Waals surface area contributed by atoms with Crippen molar-refractivity contribution < 1.29 is 9.32 Å². The summed E-state index contributed by atoms with van der Waals surface area (Å²) in [6.45, 7) is 0.240. The van der Waals surface area contributed by atoms with Crippen LogP contribution in [0.1, 0.15) is 16.2 Å². The summed E-state index contributed by atoms with van der Waals surface area (Å²) in [6.07, 6.45) is 4.31. The first kappa shape index (κ1) is 9.32. The Morgan fingerprint density at radius 1 is 1.53 bits per heavy atom. The molecule has 0 unspecified atom stereocenters. The van der Waals surface area contributed by atoms with Crippen LogP contribution in [0.3, 0.4) is 0 Å². The molecular weight excluding hydrogens is 196 g/mol. The van der Waals surface area contributed by atoms with Gasteiger partial charge in [0.05, 0.1) is 12.1 Å². The molecule has 6 nitrogen and oxygen atoms in total. The number of hydrogen-bond acceptors (Lipinski definition) is 5. The van der Waals surface area contributed by atoms with Gasteiger partial charge in [0.25, 0.3) is 5.91 Å². The molecule has 2 aromatic heterocycles. The van der Waals surface area contributed by atoms with Gasteiger partial charge in [0.1, 0.15) is 0 Å². The molecule has 0 aliphatic rings. The molecule has 76 valence electrons. The zero-order chi connectivity index (χ0) is 10.5. The number of aromatic nitrogens is 3. The average Bonchev–Trinajstić information content (AvgIpc) is 2.80. The molecule has 0 saturated heterocycles. The fraction of sp³-hybridized carbons (Fsp3) is 0.111. The highest BCUT2D eigenvalue weighted by Crippen LogP contribution is 1.96. The lowest BCUT2D eigenvalue weighted by Gasteiger charge is -2.00. The molecule has 1 amide bonds. The minimum atomic E-state index is -0.215. The molecule has 0 aliphatic heterocycles. The van der Waals surface area contributed by atoms with Crippen molar-refractivity contribution in [3.8, 4) is 0 Å². The van der Waals surface area contributed by atoms with Crippen LogP contribution in [-0.2, 0) is 6.54 Å². The van der Waals surface area contributed by atoms with E-state index in [1.165, 1.54) is 12.6 Å². The fourth-order valence-corrected chi connectivity index (χ4v) is 1.03. The Balaban J connectivity index is 1.94. The third kappa shape index (κ3) is 2.37. The summed E-state index contributed by atoms with van der Waals surface area (Å²) in [5.74, 6) is 0.222. The topological polar surface area (TPSA) is 80.9 Å². The molecular formula is C9H8N4O2. The maximum absolute atomic E-state index is 11.5. The van der Waals surface area contributed by atoms with E-state index in [0.717, 1.165) is 0 Å². The van der Waals surface area contributed by atoms with Crippen molar-refractivity contribution in [1.82, 2.24) is 20.4 Å². The van der Waals surface area contributed by atoms with E-state index in [-0.39, 0.29) is 12.5 Å². The lowest BCUT2D eigenvalue weighted by atomic mass is 10.3. The highest BCUT2D eigenvalue weighted by molar-refractivity contribution is 5.93. The molecule has 6 heteroatoms. The normalized spacial score (nSPS) is 9.87. The Kier molecular flexibility index (Phi) is 2.68. The van der Waals surface area contributed by atoms with E-state index in [9.17, 15) is 4.79 Å². The number of carbonyl (C=O) groups is 1. The Bertz CT molecular complexity index is 427. The highest BCUT2D eigenvalue weighted by Gasteiger charge is 2.05. The van der Waals surface area contributed by atoms with Crippen LogP contribution < -0.4 is 5.32 Å². The second-order valence-corrected chi connectivity index (χ2v) is 2.77. The third-order valence-corrected chi connectivity index (χ3v) is 1.74. The zero-order valence-electron chi connectivity index (χ0n) is 7.75. The SMILES string of the molecule is O=C(NCc1ncon1)c1cccnc1. The van der Waals surface area contributed by atoms with Crippen LogP contribution in [0.2, 0.25) is 0 Å². The van der Waals surface area contributed by atoms with Crippen molar-refractivity contribution >= 4 is 5.91 Å². The van der Waals surface area contributed by atoms with E-state index in [2.05, 4.69) is 25.0 Å². The molecule has 0 bridgehead atoms. The number of carbonyl (C=O) groups excluding carboxylic acids is 1. The molecule has 0 aromatic carbocycles. The van der Waals surface area contributed by atoms with Gasteiger partial charge < -0.3 is 9.84 Å². The highest BCUT2D eigenvalue weighted by atomic mass is 16.5. The maximum Gasteiger partial charge on any atom is 0.253 e. The van der Waals surface area contributed by atoms with Crippen molar-refractivity contribution in [3.63, 3.8) is 0 Å². The van der Waals surface area contributed by atoms with Crippen molar-refractivity contribution in [2.24, 2.45) is 0 Å². The first-order chi connectivity index (χ1) is 7.36. The number of hydrogen-bond donors (Lipinski definition) is 1. The smallest absolute Gasteiger partial charge is 0.253 e. The monoisotopic (exact) mass is 204 g/mol. The van der Waals surface area contributed by atoms with Gasteiger partial charge in [0.2, 0.25) is 6.39 Å². The summed E-state index contributed by atoms with van der Waals surface area (Å²) in [6, 6.07) is 3.38. The van der Waals surface area contributed by atoms with Crippen LogP contribution in [0.15, 0.2) is 35.4 Å². The number of nitrogens with one attached hydrogen (secondary N) is 1. The van der Waals surface area contributed by atoms with Crippen LogP contribution in [-0.4, -0.2) is 21.0 Å². The number of nitrogens with zero attached hydrogens (tertiary/aromatic N) is 3. The summed E-state index contributed by atoms with van der Waals surface area (Å²) < 4.78 is 4.53. The molecule has 0 fully saturated rings. The quantitative estimate of drug-likeness (QED) is 0.782. The molecule has 0 atom stereocenters. The van der Waals surface area contributed by atoms with Gasteiger partial charge in [-0.3, -0.25) is 9.78 Å². The predicted octanol–water partition coefficient (Wildman–Crippen LogP) is 0.395. The summed E-state index contributed by atoms with van der Waals surface area (Å²) in [5, 5.41) is 6.20. The predicted molar refractivity (Wildman–Crippen MR) is 49.7 cm³/mol. The molecule has 0 spiro atoms. The fourth-order valence-electron chi connectivity index (χ4n) is 1.03. The molecule has 0 radical (unpaired) electrons. The number of rotatable bonds is 3. The number of amides is 1. The van der Waals surface area contributed by atoms with Gasteiger partial charge in [-0.1, -0.05) is 5.16 Å². The minimum absolute atomic E-state index is 0.215. The molecule has 0 aliphatic carbocycles. The van der Waals surface area contributed by atoms with Gasteiger partial charge in [0.15, 0.2) is 5.82 Å². The molecule has 1 N–H and O–H groups in total. The summed E-state index contributed by atoms with van der Waals surface area (Å²) >= 11 is 0. The van der Waals surface area contributed by atoms with E-state index in [1.54, 1.807) is 18.3 Å². The lowest BCUT2D eigenvalue weighted by molar-refractivity contribution is 0.0949. The van der Waals surface area contributed by atoms with Crippen molar-refractivity contribution in [3.05, 3.63) is 42.3 Å². The summed E-state index contributed by atoms with van der Waals surface area (Å²) in [4.78, 5) is 19.1. The van der Waals surface area contributed by atoms with Gasteiger partial charge in [-0.15, -0.1) is 0 Å². The van der Waals surface area contributed by atoms with Crippen molar-refractivity contribution in [2.75, 3.05) is 0 Å². The van der Waals surface area contributed by atoms with E-state index >= 15 is 0 Å². The average molecular weight is 204 g/mol. The minimum Gasteiger partial charge on any atom is -0.345 e. The van der Waals surface area contributed by atoms with Gasteiger partial charge in [-0.05, 0) is 12.1 Å². The van der Waals surface area contributed by atoms with Gasteiger partial charge >= 0.3 is 0 Å². The van der Waals surface area contributed by atoms with Crippen LogP contribution in [0.25, 0.3) is 0 Å². The molecule has 0 saturated carbocycles. The Morgan fingerprint density at radius 3 is 3.13 bits per heavy atom. The third-order valence-electron chi connectivity index (χ3n) is 1.74. The van der Waals surface area contributed by atoms with Crippen molar-refractivity contribution in [2.45, 2.75) is 6.54 Å². The summed E-state index contributed by atoms with van der Waals surface area (Å²) in [5.41, 5.74) is 0.501. The summed E-state index contributed by atoms with van der Waals surface area (Å²) in [7, 11) is 0. The van der Waals surface area contributed by atoms with Gasteiger partial charge in [-0.25, -0.2) is 0 Å². The van der Waals surface area contributed by atoms with E-state index in [4.69, 9.17) is 0 Å². The Hall–Kier alpha value is -2.24. The molecule has 15 heavy (non-hydrogen) atoms. The Labute approximate surface area is 85.3 Å².